The maximum absolute atomic E-state index is 9.86. The Morgan fingerprint density at radius 1 is 0.500 bits per heavy atom. The van der Waals surface area contributed by atoms with Crippen LogP contribution in [0.4, 0.5) is 0 Å². The van der Waals surface area contributed by atoms with Crippen LogP contribution in [0.25, 0.3) is 0 Å². The molecule has 2 radical (unpaired) electrons. The van der Waals surface area contributed by atoms with Crippen molar-refractivity contribution in [2.24, 2.45) is 0 Å². The predicted molar refractivity (Wildman–Crippen MR) is 82.1 cm³/mol. The monoisotopic (exact) mass is 692 g/mol. The number of hydrogen-bond donors (Lipinski definition) is 0. The molecule has 14 heteroatoms. The Hall–Kier alpha value is 3.15. The minimum absolute atomic E-state index is 0. The summed E-state index contributed by atoms with van der Waals surface area (Å²) >= 11 is 0. The first kappa shape index (κ1) is 39.6. The SMILES string of the molecule is CCCCP(=O)([O-])[O-].CCCCP(=O)([O-])[O-].CCCCP(=O)([O-])[O-].[Nd+3].[Nd+3]. The Balaban J connectivity index is -0.0000000817. The van der Waals surface area contributed by atoms with Crippen LogP contribution in [-0.2, 0) is 13.7 Å². The van der Waals surface area contributed by atoms with Gasteiger partial charge in [0, 0.05) is 0 Å². The van der Waals surface area contributed by atoms with Crippen LogP contribution in [0.2, 0.25) is 0 Å². The van der Waals surface area contributed by atoms with Gasteiger partial charge in [0.2, 0.25) is 0 Å². The van der Waals surface area contributed by atoms with E-state index < -0.39 is 22.8 Å². The average molecular weight is 697 g/mol. The van der Waals surface area contributed by atoms with Gasteiger partial charge in [-0.2, -0.15) is 0 Å². The summed E-state index contributed by atoms with van der Waals surface area (Å²) in [7, 11) is -12.5. The van der Waals surface area contributed by atoms with E-state index in [1.165, 1.54) is 0 Å². The fraction of sp³-hybridized carbons (Fsp3) is 1.00. The van der Waals surface area contributed by atoms with Crippen LogP contribution in [0.15, 0.2) is 0 Å². The largest absolute Gasteiger partial charge is 3.00 e. The number of hydrogen-bond acceptors (Lipinski definition) is 9. The fourth-order valence-corrected chi connectivity index (χ4v) is 3.17. The minimum Gasteiger partial charge on any atom is -0.811 e. The second kappa shape index (κ2) is 22.8. The van der Waals surface area contributed by atoms with E-state index >= 15 is 0 Å². The quantitative estimate of drug-likeness (QED) is 0.275. The summed E-state index contributed by atoms with van der Waals surface area (Å²) in [4.78, 5) is 59.2. The summed E-state index contributed by atoms with van der Waals surface area (Å²) in [5.41, 5.74) is 0. The summed E-state index contributed by atoms with van der Waals surface area (Å²) in [6.45, 7) is 5.53. The fourth-order valence-electron chi connectivity index (χ4n) is 1.06. The van der Waals surface area contributed by atoms with Crippen molar-refractivity contribution in [3.8, 4) is 0 Å². The van der Waals surface area contributed by atoms with Crippen molar-refractivity contribution in [3.05, 3.63) is 0 Å². The molecule has 0 heterocycles. The second-order valence-corrected chi connectivity index (χ2v) is 10.1. The van der Waals surface area contributed by atoms with Crippen molar-refractivity contribution in [2.75, 3.05) is 18.5 Å². The van der Waals surface area contributed by atoms with Crippen molar-refractivity contribution in [1.29, 1.82) is 0 Å². The first-order valence-electron chi connectivity index (χ1n) is 7.71. The standard InChI is InChI=1S/3C4H11O3P.2Nd/c3*1-2-3-4-8(5,6)7;;/h3*2-4H2,1H3,(H2,5,6,7);;/q;;;2*+3/p-6. The van der Waals surface area contributed by atoms with Gasteiger partial charge in [-0.15, -0.1) is 0 Å². The van der Waals surface area contributed by atoms with Gasteiger partial charge >= 0.3 is 81.7 Å². The van der Waals surface area contributed by atoms with Crippen molar-refractivity contribution in [3.63, 3.8) is 0 Å². The molecule has 0 atom stereocenters. The van der Waals surface area contributed by atoms with E-state index in [1.807, 2.05) is 20.8 Å². The topological polar surface area (TPSA) is 190 Å². The van der Waals surface area contributed by atoms with Gasteiger partial charge in [0.25, 0.3) is 0 Å². The van der Waals surface area contributed by atoms with Gasteiger partial charge in [-0.3, -0.25) is 0 Å². The van der Waals surface area contributed by atoms with E-state index in [4.69, 9.17) is 0 Å². The second-order valence-electron chi connectivity index (χ2n) is 5.06. The molecular weight excluding hydrogens is 670 g/mol. The molecule has 0 aliphatic rings. The molecule has 9 nitrogen and oxygen atoms in total. The molecule has 0 saturated heterocycles. The van der Waals surface area contributed by atoms with E-state index in [2.05, 4.69) is 0 Å². The van der Waals surface area contributed by atoms with E-state index in [-0.39, 0.29) is 100 Å². The van der Waals surface area contributed by atoms with E-state index in [9.17, 15) is 43.1 Å². The summed E-state index contributed by atoms with van der Waals surface area (Å²) in [6, 6.07) is 0. The summed E-state index contributed by atoms with van der Waals surface area (Å²) in [6.07, 6.45) is 3.17. The van der Waals surface area contributed by atoms with Gasteiger partial charge in [-0.25, -0.2) is 0 Å². The average Bonchev–Trinajstić information content (AvgIpc) is 2.39. The van der Waals surface area contributed by atoms with Crippen molar-refractivity contribution >= 4 is 22.8 Å². The van der Waals surface area contributed by atoms with Crippen molar-refractivity contribution in [2.45, 2.75) is 59.3 Å². The van der Waals surface area contributed by atoms with Gasteiger partial charge in [0.1, 0.15) is 0 Å². The maximum Gasteiger partial charge on any atom is 3.00 e. The number of unbranched alkanes of at least 4 members (excludes halogenated alkanes) is 3. The third-order valence-electron chi connectivity index (χ3n) is 2.36. The molecule has 0 aliphatic heterocycles. The molecule has 0 amide bonds. The normalized spacial score (nSPS) is 11.0. The molecule has 0 saturated carbocycles. The zero-order chi connectivity index (χ0) is 19.9. The van der Waals surface area contributed by atoms with Gasteiger partial charge in [0.15, 0.2) is 0 Å². The molecule has 0 fully saturated rings. The van der Waals surface area contributed by atoms with Crippen LogP contribution in [0.5, 0.6) is 0 Å². The molecule has 26 heavy (non-hydrogen) atoms. The van der Waals surface area contributed by atoms with Crippen LogP contribution in [-0.4, -0.2) is 18.5 Å². The van der Waals surface area contributed by atoms with Crippen molar-refractivity contribution < 1.29 is 125 Å². The van der Waals surface area contributed by atoms with Crippen LogP contribution in [0.3, 0.4) is 0 Å². The Kier molecular flexibility index (Phi) is 34.8. The van der Waals surface area contributed by atoms with E-state index in [0.717, 1.165) is 19.3 Å². The maximum atomic E-state index is 9.86. The molecule has 0 N–H and O–H groups in total. The molecule has 0 aliphatic carbocycles. The Bertz CT molecular complexity index is 358. The molecule has 0 rings (SSSR count). The molecule has 152 valence electrons. The molecule has 0 aromatic rings. The third-order valence-corrected chi connectivity index (χ3v) is 4.95. The first-order valence-corrected chi connectivity index (χ1v) is 12.9. The smallest absolute Gasteiger partial charge is 0.811 e. The van der Waals surface area contributed by atoms with Gasteiger partial charge in [0.05, 0.1) is 0 Å². The zero-order valence-electron chi connectivity index (χ0n) is 15.4. The van der Waals surface area contributed by atoms with Crippen molar-refractivity contribution in [1.82, 2.24) is 0 Å². The molecule has 0 unspecified atom stereocenters. The van der Waals surface area contributed by atoms with Crippen LogP contribution in [0.1, 0.15) is 59.3 Å². The molecule has 0 aromatic carbocycles. The van der Waals surface area contributed by atoms with Crippen LogP contribution in [0, 0.1) is 81.7 Å². The Morgan fingerprint density at radius 2 is 0.654 bits per heavy atom. The molecule has 0 bridgehead atoms. The van der Waals surface area contributed by atoms with Gasteiger partial charge < -0.3 is 43.1 Å². The third kappa shape index (κ3) is 56.4. The summed E-state index contributed by atoms with van der Waals surface area (Å²) in [5.74, 6) is 0. The van der Waals surface area contributed by atoms with Crippen LogP contribution >= 0.6 is 22.8 Å². The van der Waals surface area contributed by atoms with Crippen LogP contribution < -0.4 is 29.4 Å². The molecular formula is C12H27Nd2O9P3. The Morgan fingerprint density at radius 3 is 0.692 bits per heavy atom. The van der Waals surface area contributed by atoms with E-state index in [0.29, 0.717) is 19.3 Å². The zero-order valence-corrected chi connectivity index (χ0v) is 24.5. The predicted octanol–water partition coefficient (Wildman–Crippen LogP) is -0.899. The van der Waals surface area contributed by atoms with E-state index in [1.54, 1.807) is 0 Å². The molecule has 0 spiro atoms. The number of rotatable bonds is 9. The van der Waals surface area contributed by atoms with Gasteiger partial charge in [-0.05, 0) is 37.7 Å². The minimum atomic E-state index is -4.18. The van der Waals surface area contributed by atoms with Gasteiger partial charge in [-0.1, -0.05) is 62.8 Å². The summed E-state index contributed by atoms with van der Waals surface area (Å²) in [5, 5.41) is 0. The first-order chi connectivity index (χ1) is 10.7. The summed E-state index contributed by atoms with van der Waals surface area (Å²) < 4.78 is 29.6. The molecule has 0 aromatic heterocycles. The Labute approximate surface area is 222 Å².